The smallest absolute Gasteiger partial charge is 0.126 e. The molecule has 1 aromatic heterocycles. The van der Waals surface area contributed by atoms with Gasteiger partial charge in [0.15, 0.2) is 0 Å². The van der Waals surface area contributed by atoms with E-state index in [1.54, 1.807) is 6.20 Å². The van der Waals surface area contributed by atoms with E-state index in [0.717, 1.165) is 18.9 Å². The van der Waals surface area contributed by atoms with Crippen molar-refractivity contribution in [1.29, 1.82) is 0 Å². The van der Waals surface area contributed by atoms with Crippen LogP contribution in [0.2, 0.25) is 5.02 Å². The highest BCUT2D eigenvalue weighted by Crippen LogP contribution is 2.10. The summed E-state index contributed by atoms with van der Waals surface area (Å²) in [5.74, 6) is 0.904. The summed E-state index contributed by atoms with van der Waals surface area (Å²) < 4.78 is 0. The highest BCUT2D eigenvalue weighted by molar-refractivity contribution is 6.30. The molecule has 88 valence electrons. The van der Waals surface area contributed by atoms with Crippen molar-refractivity contribution in [3.05, 3.63) is 23.4 Å². The molecule has 1 N–H and O–H groups in total. The summed E-state index contributed by atoms with van der Waals surface area (Å²) >= 11 is 5.77. The first-order chi connectivity index (χ1) is 7.84. The molecule has 1 fully saturated rings. The molecular weight excluding hydrogens is 222 g/mol. The number of pyridine rings is 1. The fourth-order valence-corrected chi connectivity index (χ4v) is 2.12. The van der Waals surface area contributed by atoms with Crippen molar-refractivity contribution >= 4 is 17.4 Å². The van der Waals surface area contributed by atoms with Crippen LogP contribution in [0.4, 0.5) is 5.82 Å². The number of hydrogen-bond donors (Lipinski definition) is 1. The third-order valence-corrected chi connectivity index (χ3v) is 3.13. The third kappa shape index (κ3) is 3.65. The summed E-state index contributed by atoms with van der Waals surface area (Å²) in [6, 6.07) is 3.77. The van der Waals surface area contributed by atoms with Gasteiger partial charge in [-0.3, -0.25) is 0 Å². The van der Waals surface area contributed by atoms with Gasteiger partial charge in [-0.05, 0) is 38.1 Å². The lowest BCUT2D eigenvalue weighted by Gasteiger charge is -2.26. The second-order valence-electron chi connectivity index (χ2n) is 4.19. The Balaban J connectivity index is 1.69. The lowest BCUT2D eigenvalue weighted by molar-refractivity contribution is 0.237. The number of rotatable bonds is 4. The molecule has 1 aromatic rings. The number of halogens is 1. The summed E-state index contributed by atoms with van der Waals surface area (Å²) in [7, 11) is 0. The van der Waals surface area contributed by atoms with Gasteiger partial charge in [0.05, 0.1) is 5.02 Å². The minimum absolute atomic E-state index is 0.682. The van der Waals surface area contributed by atoms with Crippen LogP contribution in [0.3, 0.4) is 0 Å². The second-order valence-corrected chi connectivity index (χ2v) is 4.63. The molecule has 0 saturated carbocycles. The van der Waals surface area contributed by atoms with E-state index in [0.29, 0.717) is 5.02 Å². The fourth-order valence-electron chi connectivity index (χ4n) is 2.01. The van der Waals surface area contributed by atoms with Crippen LogP contribution in [-0.4, -0.2) is 36.1 Å². The van der Waals surface area contributed by atoms with Crippen molar-refractivity contribution in [3.8, 4) is 0 Å². The van der Waals surface area contributed by atoms with Crippen LogP contribution in [0.15, 0.2) is 18.3 Å². The molecule has 0 radical (unpaired) electrons. The summed E-state index contributed by atoms with van der Waals surface area (Å²) in [4.78, 5) is 6.71. The molecule has 16 heavy (non-hydrogen) atoms. The van der Waals surface area contributed by atoms with E-state index in [4.69, 9.17) is 11.6 Å². The lowest BCUT2D eigenvalue weighted by atomic mass is 10.1. The Morgan fingerprint density at radius 3 is 2.75 bits per heavy atom. The van der Waals surface area contributed by atoms with Crippen LogP contribution >= 0.6 is 11.6 Å². The number of likely N-dealkylation sites (tertiary alicyclic amines) is 1. The first kappa shape index (κ1) is 11.7. The molecule has 2 rings (SSSR count). The number of nitrogens with zero attached hydrogens (tertiary/aromatic N) is 2. The minimum atomic E-state index is 0.682. The van der Waals surface area contributed by atoms with Crippen molar-refractivity contribution in [1.82, 2.24) is 9.88 Å². The largest absolute Gasteiger partial charge is 0.369 e. The molecule has 0 aliphatic carbocycles. The minimum Gasteiger partial charge on any atom is -0.369 e. The zero-order valence-electron chi connectivity index (χ0n) is 9.45. The van der Waals surface area contributed by atoms with E-state index in [1.807, 2.05) is 12.1 Å². The van der Waals surface area contributed by atoms with E-state index < -0.39 is 0 Å². The first-order valence-electron chi connectivity index (χ1n) is 5.92. The summed E-state index contributed by atoms with van der Waals surface area (Å²) in [5.41, 5.74) is 0. The van der Waals surface area contributed by atoms with E-state index in [9.17, 15) is 0 Å². The van der Waals surface area contributed by atoms with Gasteiger partial charge >= 0.3 is 0 Å². The number of anilines is 1. The van der Waals surface area contributed by atoms with Crippen LogP contribution in [0.1, 0.15) is 19.3 Å². The van der Waals surface area contributed by atoms with Crippen LogP contribution < -0.4 is 5.32 Å². The number of nitrogens with one attached hydrogen (secondary N) is 1. The Morgan fingerprint density at radius 1 is 1.25 bits per heavy atom. The van der Waals surface area contributed by atoms with Crippen LogP contribution in [0.25, 0.3) is 0 Å². The van der Waals surface area contributed by atoms with Gasteiger partial charge in [0.2, 0.25) is 0 Å². The first-order valence-corrected chi connectivity index (χ1v) is 6.30. The quantitative estimate of drug-likeness (QED) is 0.876. The average molecular weight is 240 g/mol. The molecular formula is C12H18ClN3. The zero-order valence-corrected chi connectivity index (χ0v) is 10.2. The van der Waals surface area contributed by atoms with Gasteiger partial charge in [0.25, 0.3) is 0 Å². The topological polar surface area (TPSA) is 28.2 Å². The highest BCUT2D eigenvalue weighted by atomic mass is 35.5. The molecule has 0 bridgehead atoms. The van der Waals surface area contributed by atoms with E-state index in [-0.39, 0.29) is 0 Å². The average Bonchev–Trinajstić information content (AvgIpc) is 2.33. The van der Waals surface area contributed by atoms with Crippen molar-refractivity contribution in [3.63, 3.8) is 0 Å². The normalized spacial score (nSPS) is 17.3. The summed E-state index contributed by atoms with van der Waals surface area (Å²) in [6.45, 7) is 4.55. The fraction of sp³-hybridized carbons (Fsp3) is 0.583. The Hall–Kier alpha value is -0.800. The number of hydrogen-bond acceptors (Lipinski definition) is 3. The van der Waals surface area contributed by atoms with Gasteiger partial charge < -0.3 is 10.2 Å². The van der Waals surface area contributed by atoms with Crippen molar-refractivity contribution in [2.45, 2.75) is 19.3 Å². The molecule has 1 aliphatic rings. The summed E-state index contributed by atoms with van der Waals surface area (Å²) in [6.07, 6.45) is 5.76. The molecule has 0 amide bonds. The van der Waals surface area contributed by atoms with Crippen LogP contribution in [0, 0.1) is 0 Å². The molecule has 4 heteroatoms. The molecule has 0 spiro atoms. The van der Waals surface area contributed by atoms with Gasteiger partial charge in [0, 0.05) is 19.3 Å². The SMILES string of the molecule is Clc1ccc(NCCN2CCCCC2)nc1. The van der Waals surface area contributed by atoms with Gasteiger partial charge in [-0.1, -0.05) is 18.0 Å². The van der Waals surface area contributed by atoms with Gasteiger partial charge in [0.1, 0.15) is 5.82 Å². The standard InChI is InChI=1S/C12H18ClN3/c13-11-4-5-12(15-10-11)14-6-9-16-7-2-1-3-8-16/h4-5,10H,1-3,6-9H2,(H,14,15). The monoisotopic (exact) mass is 239 g/mol. The molecule has 2 heterocycles. The van der Waals surface area contributed by atoms with Crippen LogP contribution in [-0.2, 0) is 0 Å². The Bertz CT molecular complexity index is 307. The van der Waals surface area contributed by atoms with E-state index in [1.165, 1.54) is 32.4 Å². The van der Waals surface area contributed by atoms with E-state index >= 15 is 0 Å². The predicted molar refractivity (Wildman–Crippen MR) is 68.0 cm³/mol. The Labute approximate surface area is 102 Å². The van der Waals surface area contributed by atoms with Gasteiger partial charge in [-0.2, -0.15) is 0 Å². The van der Waals surface area contributed by atoms with E-state index in [2.05, 4.69) is 15.2 Å². The number of piperidine rings is 1. The van der Waals surface area contributed by atoms with Gasteiger partial charge in [-0.25, -0.2) is 4.98 Å². The second kappa shape index (κ2) is 6.06. The third-order valence-electron chi connectivity index (χ3n) is 2.91. The zero-order chi connectivity index (χ0) is 11.2. The molecule has 3 nitrogen and oxygen atoms in total. The van der Waals surface area contributed by atoms with Crippen LogP contribution in [0.5, 0.6) is 0 Å². The maximum Gasteiger partial charge on any atom is 0.126 e. The maximum absolute atomic E-state index is 5.77. The molecule has 0 aromatic carbocycles. The Kier molecular flexibility index (Phi) is 4.43. The van der Waals surface area contributed by atoms with Crippen molar-refractivity contribution in [2.75, 3.05) is 31.5 Å². The molecule has 1 saturated heterocycles. The van der Waals surface area contributed by atoms with Crippen molar-refractivity contribution in [2.24, 2.45) is 0 Å². The Morgan fingerprint density at radius 2 is 2.06 bits per heavy atom. The van der Waals surface area contributed by atoms with Gasteiger partial charge in [-0.15, -0.1) is 0 Å². The number of aromatic nitrogens is 1. The summed E-state index contributed by atoms with van der Waals surface area (Å²) in [5, 5.41) is 3.99. The van der Waals surface area contributed by atoms with Crippen molar-refractivity contribution < 1.29 is 0 Å². The highest BCUT2D eigenvalue weighted by Gasteiger charge is 2.08. The molecule has 1 aliphatic heterocycles. The lowest BCUT2D eigenvalue weighted by Crippen LogP contribution is -2.33. The maximum atomic E-state index is 5.77. The predicted octanol–water partition coefficient (Wildman–Crippen LogP) is 2.63. The molecule has 0 unspecified atom stereocenters. The molecule has 0 atom stereocenters.